The molecule has 2 heterocycles. The van der Waals surface area contributed by atoms with Crippen LogP contribution in [0.15, 0.2) is 18.2 Å². The predicted molar refractivity (Wildman–Crippen MR) is 80.4 cm³/mol. The molecule has 0 spiro atoms. The van der Waals surface area contributed by atoms with E-state index in [1.54, 1.807) is 0 Å². The number of nitrogens with one attached hydrogen (secondary N) is 1. The highest BCUT2D eigenvalue weighted by Crippen LogP contribution is 2.24. The summed E-state index contributed by atoms with van der Waals surface area (Å²) in [5.41, 5.74) is 1.14. The lowest BCUT2D eigenvalue weighted by Gasteiger charge is -2.33. The molecule has 1 saturated heterocycles. The van der Waals surface area contributed by atoms with Gasteiger partial charge in [-0.15, -0.1) is 0 Å². The summed E-state index contributed by atoms with van der Waals surface area (Å²) in [4.78, 5) is 7.19. The molecule has 0 aromatic carbocycles. The van der Waals surface area contributed by atoms with E-state index in [1.165, 1.54) is 12.2 Å². The van der Waals surface area contributed by atoms with Gasteiger partial charge in [0.25, 0.3) is 0 Å². The van der Waals surface area contributed by atoms with Crippen molar-refractivity contribution in [3.8, 4) is 0 Å². The van der Waals surface area contributed by atoms with Gasteiger partial charge in [0.05, 0.1) is 5.69 Å². The van der Waals surface area contributed by atoms with Crippen LogP contribution < -0.4 is 10.2 Å². The fraction of sp³-hybridized carbons (Fsp3) is 0.643. The number of hydrogen-bond donors (Lipinski definition) is 1. The van der Waals surface area contributed by atoms with Crippen molar-refractivity contribution in [2.24, 2.45) is 0 Å². The highest BCUT2D eigenvalue weighted by Gasteiger charge is 2.19. The quantitative estimate of drug-likeness (QED) is 0.885. The van der Waals surface area contributed by atoms with Crippen LogP contribution in [-0.4, -0.2) is 35.6 Å². The van der Waals surface area contributed by atoms with Gasteiger partial charge in [-0.25, -0.2) is 4.98 Å². The standard InChI is InChI=1S/C14H23N3S/c1-3-13-11-17(8-9-18-13)14-7-5-6-12(16-14)10-15-4-2/h5-7,13,15H,3-4,8-11H2,1-2H3. The zero-order valence-electron chi connectivity index (χ0n) is 11.4. The van der Waals surface area contributed by atoms with Crippen molar-refractivity contribution < 1.29 is 0 Å². The second-order valence-electron chi connectivity index (χ2n) is 4.61. The summed E-state index contributed by atoms with van der Waals surface area (Å²) in [5.74, 6) is 2.36. The Bertz CT molecular complexity index is 370. The Kier molecular flexibility index (Phi) is 5.32. The summed E-state index contributed by atoms with van der Waals surface area (Å²) >= 11 is 2.10. The summed E-state index contributed by atoms with van der Waals surface area (Å²) in [5, 5.41) is 4.09. The van der Waals surface area contributed by atoms with Crippen LogP contribution >= 0.6 is 11.8 Å². The Morgan fingerprint density at radius 2 is 2.33 bits per heavy atom. The molecule has 3 nitrogen and oxygen atoms in total. The summed E-state index contributed by atoms with van der Waals surface area (Å²) < 4.78 is 0. The second kappa shape index (κ2) is 7.00. The van der Waals surface area contributed by atoms with Crippen LogP contribution in [0.5, 0.6) is 0 Å². The molecular formula is C14H23N3S. The minimum Gasteiger partial charge on any atom is -0.355 e. The van der Waals surface area contributed by atoms with Crippen LogP contribution in [0.1, 0.15) is 26.0 Å². The minimum atomic E-state index is 0.762. The fourth-order valence-electron chi connectivity index (χ4n) is 2.17. The minimum absolute atomic E-state index is 0.762. The Labute approximate surface area is 114 Å². The summed E-state index contributed by atoms with van der Waals surface area (Å²) in [6, 6.07) is 6.36. The SMILES string of the molecule is CCNCc1cccc(N2CCSC(CC)C2)n1. The van der Waals surface area contributed by atoms with Gasteiger partial charge >= 0.3 is 0 Å². The normalized spacial score (nSPS) is 20.1. The Morgan fingerprint density at radius 3 is 3.11 bits per heavy atom. The predicted octanol–water partition coefficient (Wildman–Crippen LogP) is 2.52. The average Bonchev–Trinajstić information content (AvgIpc) is 2.45. The van der Waals surface area contributed by atoms with E-state index in [9.17, 15) is 0 Å². The van der Waals surface area contributed by atoms with Crippen molar-refractivity contribution in [2.75, 3.05) is 30.3 Å². The lowest BCUT2D eigenvalue weighted by molar-refractivity contribution is 0.695. The maximum atomic E-state index is 4.76. The van der Waals surface area contributed by atoms with E-state index in [-0.39, 0.29) is 0 Å². The number of nitrogens with zero attached hydrogens (tertiary/aromatic N) is 2. The van der Waals surface area contributed by atoms with E-state index in [0.717, 1.165) is 42.9 Å². The fourth-order valence-corrected chi connectivity index (χ4v) is 3.35. The number of thioether (sulfide) groups is 1. The van der Waals surface area contributed by atoms with Gasteiger partial charge in [0.1, 0.15) is 5.82 Å². The average molecular weight is 265 g/mol. The van der Waals surface area contributed by atoms with Crippen LogP contribution in [0.4, 0.5) is 5.82 Å². The molecule has 2 rings (SSSR count). The van der Waals surface area contributed by atoms with Crippen molar-refractivity contribution in [2.45, 2.75) is 32.1 Å². The molecule has 1 aliphatic rings. The highest BCUT2D eigenvalue weighted by molar-refractivity contribution is 8.00. The summed E-state index contributed by atoms with van der Waals surface area (Å²) in [7, 11) is 0. The van der Waals surface area contributed by atoms with E-state index in [0.29, 0.717) is 0 Å². The Balaban J connectivity index is 2.02. The van der Waals surface area contributed by atoms with Crippen LogP contribution in [0.25, 0.3) is 0 Å². The molecule has 1 aromatic heterocycles. The van der Waals surface area contributed by atoms with Gasteiger partial charge in [-0.2, -0.15) is 11.8 Å². The maximum absolute atomic E-state index is 4.76. The highest BCUT2D eigenvalue weighted by atomic mass is 32.2. The first-order chi connectivity index (χ1) is 8.83. The molecule has 0 aliphatic carbocycles. The van der Waals surface area contributed by atoms with Gasteiger partial charge in [-0.1, -0.05) is 19.9 Å². The third kappa shape index (κ3) is 3.62. The van der Waals surface area contributed by atoms with Crippen LogP contribution in [0, 0.1) is 0 Å². The van der Waals surface area contributed by atoms with Crippen molar-refractivity contribution in [1.82, 2.24) is 10.3 Å². The molecule has 1 fully saturated rings. The maximum Gasteiger partial charge on any atom is 0.128 e. The molecule has 1 N–H and O–H groups in total. The van der Waals surface area contributed by atoms with Crippen molar-refractivity contribution in [1.29, 1.82) is 0 Å². The van der Waals surface area contributed by atoms with Gasteiger partial charge in [-0.3, -0.25) is 0 Å². The van der Waals surface area contributed by atoms with Crippen molar-refractivity contribution in [3.05, 3.63) is 23.9 Å². The first-order valence-corrected chi connectivity index (χ1v) is 7.91. The molecule has 0 saturated carbocycles. The number of aromatic nitrogens is 1. The molecule has 0 amide bonds. The zero-order chi connectivity index (χ0) is 12.8. The molecule has 1 aromatic rings. The first kappa shape index (κ1) is 13.7. The lowest BCUT2D eigenvalue weighted by atomic mass is 10.2. The van der Waals surface area contributed by atoms with Gasteiger partial charge in [0.2, 0.25) is 0 Å². The Hall–Kier alpha value is -0.740. The van der Waals surface area contributed by atoms with E-state index >= 15 is 0 Å². The second-order valence-corrected chi connectivity index (χ2v) is 6.02. The first-order valence-electron chi connectivity index (χ1n) is 6.86. The lowest BCUT2D eigenvalue weighted by Crippen LogP contribution is -2.38. The largest absolute Gasteiger partial charge is 0.355 e. The van der Waals surface area contributed by atoms with Gasteiger partial charge in [0.15, 0.2) is 0 Å². The smallest absolute Gasteiger partial charge is 0.128 e. The number of rotatable bonds is 5. The molecular weight excluding hydrogens is 242 g/mol. The van der Waals surface area contributed by atoms with Crippen molar-refractivity contribution in [3.63, 3.8) is 0 Å². The molecule has 18 heavy (non-hydrogen) atoms. The number of hydrogen-bond acceptors (Lipinski definition) is 4. The summed E-state index contributed by atoms with van der Waals surface area (Å²) in [6.07, 6.45) is 1.25. The van der Waals surface area contributed by atoms with Gasteiger partial charge < -0.3 is 10.2 Å². The number of anilines is 1. The van der Waals surface area contributed by atoms with Crippen molar-refractivity contribution >= 4 is 17.6 Å². The van der Waals surface area contributed by atoms with Crippen LogP contribution in [-0.2, 0) is 6.54 Å². The van der Waals surface area contributed by atoms with E-state index in [4.69, 9.17) is 4.98 Å². The molecule has 1 atom stereocenters. The van der Waals surface area contributed by atoms with E-state index in [1.807, 2.05) is 0 Å². The molecule has 100 valence electrons. The third-order valence-electron chi connectivity index (χ3n) is 3.27. The van der Waals surface area contributed by atoms with Crippen LogP contribution in [0.2, 0.25) is 0 Å². The van der Waals surface area contributed by atoms with Gasteiger partial charge in [0, 0.05) is 30.6 Å². The monoisotopic (exact) mass is 265 g/mol. The molecule has 0 radical (unpaired) electrons. The van der Waals surface area contributed by atoms with E-state index < -0.39 is 0 Å². The Morgan fingerprint density at radius 1 is 1.44 bits per heavy atom. The van der Waals surface area contributed by atoms with E-state index in [2.05, 4.69) is 54.0 Å². The number of pyridine rings is 1. The third-order valence-corrected chi connectivity index (χ3v) is 4.64. The zero-order valence-corrected chi connectivity index (χ0v) is 12.2. The summed E-state index contributed by atoms with van der Waals surface area (Å²) in [6.45, 7) is 8.51. The molecule has 4 heteroatoms. The van der Waals surface area contributed by atoms with Crippen LogP contribution in [0.3, 0.4) is 0 Å². The topological polar surface area (TPSA) is 28.2 Å². The molecule has 1 unspecified atom stereocenters. The molecule has 1 aliphatic heterocycles. The van der Waals surface area contributed by atoms with Gasteiger partial charge in [-0.05, 0) is 25.1 Å². The molecule has 0 bridgehead atoms.